The van der Waals surface area contributed by atoms with Crippen molar-refractivity contribution in [1.82, 2.24) is 10.2 Å². The Labute approximate surface area is 114 Å². The van der Waals surface area contributed by atoms with E-state index in [1.165, 1.54) is 12.8 Å². The lowest BCUT2D eigenvalue weighted by Crippen LogP contribution is -2.48. The fourth-order valence-corrected chi connectivity index (χ4v) is 2.54. The zero-order valence-corrected chi connectivity index (χ0v) is 13.1. The van der Waals surface area contributed by atoms with E-state index in [1.54, 1.807) is 0 Å². The molecule has 0 bridgehead atoms. The molecule has 0 aliphatic carbocycles. The Morgan fingerprint density at radius 1 is 1.28 bits per heavy atom. The minimum atomic E-state index is -0.0659. The number of aliphatic hydroxyl groups excluding tert-OH is 1. The molecule has 3 nitrogen and oxygen atoms in total. The van der Waals surface area contributed by atoms with Gasteiger partial charge in [0.15, 0.2) is 0 Å². The molecule has 0 saturated carbocycles. The molecular weight excluding hydrogens is 224 g/mol. The van der Waals surface area contributed by atoms with E-state index in [0.717, 1.165) is 32.4 Å². The van der Waals surface area contributed by atoms with Crippen molar-refractivity contribution in [2.45, 2.75) is 71.4 Å². The van der Waals surface area contributed by atoms with Gasteiger partial charge in [-0.15, -0.1) is 0 Å². The van der Waals surface area contributed by atoms with Crippen LogP contribution in [0.5, 0.6) is 0 Å². The lowest BCUT2D eigenvalue weighted by atomic mass is 9.91. The van der Waals surface area contributed by atoms with E-state index in [-0.39, 0.29) is 12.1 Å². The first-order chi connectivity index (χ1) is 8.55. The van der Waals surface area contributed by atoms with E-state index in [9.17, 15) is 5.11 Å². The Morgan fingerprint density at radius 2 is 1.94 bits per heavy atom. The van der Waals surface area contributed by atoms with Crippen LogP contribution >= 0.6 is 0 Å². The Balaban J connectivity index is 4.05. The topological polar surface area (TPSA) is 35.5 Å². The van der Waals surface area contributed by atoms with Crippen LogP contribution in [0.1, 0.15) is 59.8 Å². The molecule has 0 rings (SSSR count). The van der Waals surface area contributed by atoms with Crippen LogP contribution in [-0.4, -0.2) is 48.3 Å². The minimum Gasteiger partial charge on any atom is -0.394 e. The molecule has 0 radical (unpaired) electrons. The normalized spacial score (nSPS) is 16.8. The molecule has 0 spiro atoms. The van der Waals surface area contributed by atoms with Gasteiger partial charge < -0.3 is 15.3 Å². The third kappa shape index (κ3) is 6.17. The van der Waals surface area contributed by atoms with E-state index < -0.39 is 0 Å². The second kappa shape index (κ2) is 9.76. The van der Waals surface area contributed by atoms with Crippen LogP contribution in [0.25, 0.3) is 0 Å². The Hall–Kier alpha value is -0.120. The molecule has 2 unspecified atom stereocenters. The lowest BCUT2D eigenvalue weighted by Gasteiger charge is -2.33. The summed E-state index contributed by atoms with van der Waals surface area (Å²) in [6.07, 6.45) is 5.70. The Bertz CT molecular complexity index is 193. The second-order valence-electron chi connectivity index (χ2n) is 5.54. The van der Waals surface area contributed by atoms with Crippen LogP contribution in [0.2, 0.25) is 0 Å². The number of hydrogen-bond acceptors (Lipinski definition) is 3. The maximum absolute atomic E-state index is 9.59. The summed E-state index contributed by atoms with van der Waals surface area (Å²) >= 11 is 0. The van der Waals surface area contributed by atoms with Gasteiger partial charge in [0.05, 0.1) is 6.61 Å². The molecule has 3 heteroatoms. The number of aliphatic hydroxyl groups is 1. The highest BCUT2D eigenvalue weighted by Crippen LogP contribution is 2.17. The third-order valence-electron chi connectivity index (χ3n) is 4.16. The molecule has 0 saturated heterocycles. The van der Waals surface area contributed by atoms with Gasteiger partial charge in [-0.2, -0.15) is 0 Å². The van der Waals surface area contributed by atoms with Crippen molar-refractivity contribution < 1.29 is 5.11 Å². The molecule has 18 heavy (non-hydrogen) atoms. The molecule has 2 N–H and O–H groups in total. The third-order valence-corrected chi connectivity index (χ3v) is 4.16. The second-order valence-corrected chi connectivity index (χ2v) is 5.54. The monoisotopic (exact) mass is 258 g/mol. The fraction of sp³-hybridized carbons (Fsp3) is 1.00. The van der Waals surface area contributed by atoms with Crippen molar-refractivity contribution in [3.63, 3.8) is 0 Å². The number of likely N-dealkylation sites (N-methyl/N-ethyl adjacent to an activating group) is 1. The number of rotatable bonds is 11. The van der Waals surface area contributed by atoms with E-state index in [2.05, 4.69) is 45.0 Å². The highest BCUT2D eigenvalue weighted by atomic mass is 16.3. The molecule has 0 aromatic carbocycles. The molecule has 0 aromatic heterocycles. The van der Waals surface area contributed by atoms with E-state index in [4.69, 9.17) is 0 Å². The van der Waals surface area contributed by atoms with Crippen molar-refractivity contribution in [3.8, 4) is 0 Å². The molecule has 2 atom stereocenters. The Morgan fingerprint density at radius 3 is 2.39 bits per heavy atom. The fourth-order valence-electron chi connectivity index (χ4n) is 2.54. The zero-order chi connectivity index (χ0) is 14.0. The molecule has 110 valence electrons. The summed E-state index contributed by atoms with van der Waals surface area (Å²) in [5, 5.41) is 13.0. The van der Waals surface area contributed by atoms with Crippen LogP contribution in [0.4, 0.5) is 0 Å². The summed E-state index contributed by atoms with van der Waals surface area (Å²) < 4.78 is 0. The zero-order valence-electron chi connectivity index (χ0n) is 13.1. The van der Waals surface area contributed by atoms with Crippen molar-refractivity contribution in [1.29, 1.82) is 0 Å². The average Bonchev–Trinajstić information content (AvgIpc) is 2.37. The van der Waals surface area contributed by atoms with Crippen LogP contribution in [0.3, 0.4) is 0 Å². The van der Waals surface area contributed by atoms with Gasteiger partial charge in [0.2, 0.25) is 0 Å². The van der Waals surface area contributed by atoms with Gasteiger partial charge >= 0.3 is 0 Å². The van der Waals surface area contributed by atoms with Crippen LogP contribution in [0, 0.1) is 0 Å². The quantitative estimate of drug-likeness (QED) is 0.598. The summed E-state index contributed by atoms with van der Waals surface area (Å²) in [7, 11) is 2.21. The summed E-state index contributed by atoms with van der Waals surface area (Å²) in [6.45, 7) is 11.1. The van der Waals surface area contributed by atoms with E-state index in [0.29, 0.717) is 6.04 Å². The minimum absolute atomic E-state index is 0.0659. The van der Waals surface area contributed by atoms with Crippen LogP contribution in [0.15, 0.2) is 0 Å². The van der Waals surface area contributed by atoms with Gasteiger partial charge in [-0.1, -0.05) is 27.2 Å². The highest BCUT2D eigenvalue weighted by Gasteiger charge is 2.25. The first-order valence-electron chi connectivity index (χ1n) is 7.61. The summed E-state index contributed by atoms with van der Waals surface area (Å²) in [5.41, 5.74) is -0.0659. The van der Waals surface area contributed by atoms with Crippen molar-refractivity contribution in [2.24, 2.45) is 0 Å². The maximum atomic E-state index is 9.59. The van der Waals surface area contributed by atoms with Gasteiger partial charge in [-0.25, -0.2) is 0 Å². The molecule has 0 aliphatic rings. The summed E-state index contributed by atoms with van der Waals surface area (Å²) in [4.78, 5) is 2.44. The number of hydrogen-bond donors (Lipinski definition) is 2. The molecular formula is C15H34N2O. The molecule has 0 heterocycles. The van der Waals surface area contributed by atoms with Crippen LogP contribution < -0.4 is 5.32 Å². The number of nitrogens with zero attached hydrogens (tertiary/aromatic N) is 1. The van der Waals surface area contributed by atoms with Crippen molar-refractivity contribution >= 4 is 0 Å². The molecule has 0 aliphatic heterocycles. The lowest BCUT2D eigenvalue weighted by molar-refractivity contribution is 0.138. The highest BCUT2D eigenvalue weighted by molar-refractivity contribution is 4.85. The maximum Gasteiger partial charge on any atom is 0.0613 e. The first-order valence-corrected chi connectivity index (χ1v) is 7.61. The predicted molar refractivity (Wildman–Crippen MR) is 80.0 cm³/mol. The standard InChI is InChI=1S/C15H34N2O/c1-6-10-14(4)17(5)12-9-11-15(7-2,13-18)16-8-3/h14,16,18H,6-13H2,1-5H3. The van der Waals surface area contributed by atoms with Crippen molar-refractivity contribution in [2.75, 3.05) is 26.7 Å². The predicted octanol–water partition coefficient (Wildman–Crippen LogP) is 2.64. The number of nitrogens with one attached hydrogen (secondary N) is 1. The first kappa shape index (κ1) is 17.9. The Kier molecular flexibility index (Phi) is 9.70. The molecule has 0 fully saturated rings. The van der Waals surface area contributed by atoms with E-state index >= 15 is 0 Å². The SMILES string of the molecule is CCCC(C)N(C)CCCC(CC)(CO)NCC. The average molecular weight is 258 g/mol. The largest absolute Gasteiger partial charge is 0.394 e. The van der Waals surface area contributed by atoms with Gasteiger partial charge in [0.25, 0.3) is 0 Å². The van der Waals surface area contributed by atoms with Gasteiger partial charge in [0.1, 0.15) is 0 Å². The van der Waals surface area contributed by atoms with E-state index in [1.807, 2.05) is 0 Å². The molecule has 0 amide bonds. The summed E-state index contributed by atoms with van der Waals surface area (Å²) in [6, 6.07) is 0.666. The van der Waals surface area contributed by atoms with Crippen molar-refractivity contribution in [3.05, 3.63) is 0 Å². The smallest absolute Gasteiger partial charge is 0.0613 e. The van der Waals surface area contributed by atoms with Gasteiger partial charge in [-0.3, -0.25) is 0 Å². The molecule has 0 aromatic rings. The van der Waals surface area contributed by atoms with Gasteiger partial charge in [-0.05, 0) is 52.7 Å². The van der Waals surface area contributed by atoms with Gasteiger partial charge in [0, 0.05) is 11.6 Å². The van der Waals surface area contributed by atoms with Crippen LogP contribution in [-0.2, 0) is 0 Å². The summed E-state index contributed by atoms with van der Waals surface area (Å²) in [5.74, 6) is 0.